The molecule has 22 heteroatoms. The second-order valence-electron chi connectivity index (χ2n) is 11.3. The van der Waals surface area contributed by atoms with Crippen LogP contribution in [0.1, 0.15) is 52.6 Å². The maximum Gasteiger partial charge on any atom is 0.382 e. The number of carbonyl (C=O) groups excluding carboxylic acids is 4. The maximum atomic E-state index is 15.1. The molecule has 2 aliphatic rings. The molecule has 2 aliphatic heterocycles. The van der Waals surface area contributed by atoms with Crippen molar-refractivity contribution in [1.82, 2.24) is 0 Å². The van der Waals surface area contributed by atoms with E-state index in [1.807, 2.05) is 0 Å². The standard InChI is InChI=1S/C32H8F16N2O4/c33-17-13-14(18(34)22(38)21(17)37)26(52)49(25(13)51)11-5-1-9(2-6-11)29(41,42)31(45,46)32(47,48)30(43,44)10-3-7-12(8-4-10)50-27(53)15-16(28(50)54)20(36)24(40)23(39)19(15)35/h1-8H. The van der Waals surface area contributed by atoms with Crippen LogP contribution in [-0.2, 0) is 11.8 Å². The average molecular weight is 788 g/mol. The summed E-state index contributed by atoms with van der Waals surface area (Å²) in [4.78, 5) is 49.7. The summed E-state index contributed by atoms with van der Waals surface area (Å²) < 4.78 is 231. The van der Waals surface area contributed by atoms with Gasteiger partial charge in [-0.25, -0.2) is 44.9 Å². The van der Waals surface area contributed by atoms with Crippen molar-refractivity contribution in [3.05, 3.63) is 128 Å². The number of amides is 4. The minimum absolute atomic E-state index is 0.137. The van der Waals surface area contributed by atoms with Gasteiger partial charge in [0.2, 0.25) is 0 Å². The van der Waals surface area contributed by atoms with E-state index < -0.39 is 139 Å². The molecule has 0 radical (unpaired) electrons. The van der Waals surface area contributed by atoms with Gasteiger partial charge in [-0.1, -0.05) is 24.3 Å². The SMILES string of the molecule is O=C1c2c(F)c(F)c(F)c(F)c2C(=O)N1c1ccc(C(F)(F)C(F)(F)C(F)(F)C(F)(F)c2ccc(N3C(=O)c4c(F)c(F)c(F)c(F)c4C3=O)cc2)cc1. The summed E-state index contributed by atoms with van der Waals surface area (Å²) in [5.74, 6) is -53.7. The zero-order chi connectivity index (χ0) is 40.4. The van der Waals surface area contributed by atoms with Crippen LogP contribution in [0, 0.1) is 46.5 Å². The summed E-state index contributed by atoms with van der Waals surface area (Å²) in [6.07, 6.45) is 0. The van der Waals surface area contributed by atoms with E-state index in [-0.39, 0.29) is 58.3 Å². The van der Waals surface area contributed by atoms with Crippen LogP contribution in [0.5, 0.6) is 0 Å². The third-order valence-corrected chi connectivity index (χ3v) is 8.36. The Kier molecular flexibility index (Phi) is 8.24. The van der Waals surface area contributed by atoms with E-state index in [2.05, 4.69) is 0 Å². The molecule has 0 saturated heterocycles. The maximum absolute atomic E-state index is 15.1. The van der Waals surface area contributed by atoms with Crippen molar-refractivity contribution in [2.24, 2.45) is 0 Å². The fourth-order valence-electron chi connectivity index (χ4n) is 5.56. The lowest BCUT2D eigenvalue weighted by Gasteiger charge is -2.37. The third-order valence-electron chi connectivity index (χ3n) is 8.36. The van der Waals surface area contributed by atoms with Crippen molar-refractivity contribution in [2.75, 3.05) is 9.80 Å². The smallest absolute Gasteiger partial charge is 0.268 e. The average Bonchev–Trinajstić information content (AvgIpc) is 3.54. The van der Waals surface area contributed by atoms with Gasteiger partial charge in [0.25, 0.3) is 23.6 Å². The van der Waals surface area contributed by atoms with Crippen molar-refractivity contribution in [3.63, 3.8) is 0 Å². The summed E-state index contributed by atoms with van der Waals surface area (Å²) in [7, 11) is 0. The lowest BCUT2D eigenvalue weighted by molar-refractivity contribution is -0.374. The van der Waals surface area contributed by atoms with Crippen LogP contribution in [0.15, 0.2) is 48.5 Å². The van der Waals surface area contributed by atoms with Gasteiger partial charge in [-0.3, -0.25) is 19.2 Å². The number of nitrogens with zero attached hydrogens (tertiary/aromatic N) is 2. The quantitative estimate of drug-likeness (QED) is 0.0815. The van der Waals surface area contributed by atoms with Crippen molar-refractivity contribution >= 4 is 35.0 Å². The van der Waals surface area contributed by atoms with Crippen LogP contribution >= 0.6 is 0 Å². The molecule has 54 heavy (non-hydrogen) atoms. The third kappa shape index (κ3) is 4.70. The molecule has 0 aromatic heterocycles. The highest BCUT2D eigenvalue weighted by Gasteiger charge is 2.81. The molecule has 0 unspecified atom stereocenters. The predicted molar refractivity (Wildman–Crippen MR) is 145 cm³/mol. The Balaban J connectivity index is 1.28. The van der Waals surface area contributed by atoms with E-state index in [4.69, 9.17) is 0 Å². The van der Waals surface area contributed by atoms with Crippen LogP contribution in [-0.4, -0.2) is 35.5 Å². The van der Waals surface area contributed by atoms with Gasteiger partial charge in [0.05, 0.1) is 33.6 Å². The highest BCUT2D eigenvalue weighted by atomic mass is 19.4. The topological polar surface area (TPSA) is 74.8 Å². The van der Waals surface area contributed by atoms with E-state index in [0.29, 0.717) is 0 Å². The fraction of sp³-hybridized carbons (Fsp3) is 0.125. The summed E-state index contributed by atoms with van der Waals surface area (Å²) in [5.41, 5.74) is -12.9. The number of alkyl halides is 8. The number of rotatable bonds is 7. The van der Waals surface area contributed by atoms with E-state index in [1.165, 1.54) is 0 Å². The van der Waals surface area contributed by atoms with Gasteiger partial charge in [-0.15, -0.1) is 0 Å². The fourth-order valence-corrected chi connectivity index (χ4v) is 5.56. The Bertz CT molecular complexity index is 2100. The minimum atomic E-state index is -7.05. The van der Waals surface area contributed by atoms with E-state index in [0.717, 1.165) is 0 Å². The molecular formula is C32H8F16N2O4. The van der Waals surface area contributed by atoms with Crippen molar-refractivity contribution in [1.29, 1.82) is 0 Å². The van der Waals surface area contributed by atoms with Crippen LogP contribution in [0.3, 0.4) is 0 Å². The van der Waals surface area contributed by atoms with Crippen molar-refractivity contribution in [2.45, 2.75) is 23.7 Å². The van der Waals surface area contributed by atoms with Gasteiger partial charge >= 0.3 is 23.7 Å². The van der Waals surface area contributed by atoms with E-state index in [9.17, 15) is 71.9 Å². The van der Waals surface area contributed by atoms with Crippen molar-refractivity contribution < 1.29 is 89.4 Å². The summed E-state index contributed by atoms with van der Waals surface area (Å²) in [6.45, 7) is 0. The molecule has 0 bridgehead atoms. The largest absolute Gasteiger partial charge is 0.382 e. The number of imide groups is 2. The van der Waals surface area contributed by atoms with Crippen molar-refractivity contribution in [3.8, 4) is 0 Å². The molecule has 6 rings (SSSR count). The zero-order valence-corrected chi connectivity index (χ0v) is 25.2. The molecule has 0 N–H and O–H groups in total. The van der Waals surface area contributed by atoms with Gasteiger partial charge in [0, 0.05) is 11.1 Å². The molecule has 4 aromatic rings. The minimum Gasteiger partial charge on any atom is -0.268 e. The number of benzene rings is 4. The monoisotopic (exact) mass is 788 g/mol. The van der Waals surface area contributed by atoms with Gasteiger partial charge < -0.3 is 0 Å². The molecule has 0 spiro atoms. The first kappa shape index (κ1) is 37.8. The molecule has 0 aliphatic carbocycles. The molecular weight excluding hydrogens is 780 g/mol. The molecule has 4 aromatic carbocycles. The molecule has 0 atom stereocenters. The first-order chi connectivity index (χ1) is 24.9. The number of hydrogen-bond donors (Lipinski definition) is 0. The highest BCUT2D eigenvalue weighted by Crippen LogP contribution is 2.59. The second kappa shape index (κ2) is 11.8. The molecule has 0 fully saturated rings. The second-order valence-corrected chi connectivity index (χ2v) is 11.3. The first-order valence-corrected chi connectivity index (χ1v) is 14.1. The number of carbonyl (C=O) groups is 4. The number of hydrogen-bond acceptors (Lipinski definition) is 4. The molecule has 0 saturated carbocycles. The van der Waals surface area contributed by atoms with E-state index >= 15 is 17.6 Å². The molecule has 282 valence electrons. The normalized spacial score (nSPS) is 15.1. The van der Waals surface area contributed by atoms with Gasteiger partial charge in [0.15, 0.2) is 46.5 Å². The Morgan fingerprint density at radius 2 is 0.537 bits per heavy atom. The predicted octanol–water partition coefficient (Wildman–Crippen LogP) is 8.56. The Labute approximate surface area is 286 Å². The Morgan fingerprint density at radius 1 is 0.333 bits per heavy atom. The lowest BCUT2D eigenvalue weighted by atomic mass is 9.90. The van der Waals surface area contributed by atoms with Crippen LogP contribution in [0.4, 0.5) is 81.6 Å². The number of fused-ring (bicyclic) bond motifs is 2. The summed E-state index contributed by atoms with van der Waals surface area (Å²) in [5, 5.41) is 0. The highest BCUT2D eigenvalue weighted by molar-refractivity contribution is 6.35. The Hall–Kier alpha value is -5.96. The lowest BCUT2D eigenvalue weighted by Crippen LogP contribution is -2.59. The Morgan fingerprint density at radius 3 is 0.741 bits per heavy atom. The van der Waals surface area contributed by atoms with Crippen LogP contribution in [0.2, 0.25) is 0 Å². The first-order valence-electron chi connectivity index (χ1n) is 14.1. The van der Waals surface area contributed by atoms with Gasteiger partial charge in [-0.05, 0) is 24.3 Å². The van der Waals surface area contributed by atoms with Crippen LogP contribution in [0.25, 0.3) is 0 Å². The van der Waals surface area contributed by atoms with Crippen LogP contribution < -0.4 is 9.80 Å². The summed E-state index contributed by atoms with van der Waals surface area (Å²) >= 11 is 0. The van der Waals surface area contributed by atoms with E-state index in [1.54, 1.807) is 0 Å². The van der Waals surface area contributed by atoms with Gasteiger partial charge in [-0.2, -0.15) is 35.1 Å². The number of halogens is 16. The molecule has 6 nitrogen and oxygen atoms in total. The zero-order valence-electron chi connectivity index (χ0n) is 25.2. The number of anilines is 2. The summed E-state index contributed by atoms with van der Waals surface area (Å²) in [6, 6.07) is -0.193. The van der Waals surface area contributed by atoms with Gasteiger partial charge in [0.1, 0.15) is 0 Å². The molecule has 4 amide bonds. The molecule has 2 heterocycles.